The first-order chi connectivity index (χ1) is 11.8. The molecule has 5 nitrogen and oxygen atoms in total. The van der Waals surface area contributed by atoms with Gasteiger partial charge in [-0.2, -0.15) is 13.2 Å². The van der Waals surface area contributed by atoms with E-state index in [1.54, 1.807) is 46.2 Å². The molecular weight excluding hydrogens is 348 g/mol. The van der Waals surface area contributed by atoms with Crippen molar-refractivity contribution in [3.63, 3.8) is 0 Å². The van der Waals surface area contributed by atoms with E-state index in [4.69, 9.17) is 14.0 Å². The van der Waals surface area contributed by atoms with Gasteiger partial charge in [0.05, 0.1) is 29.4 Å². The third-order valence-electron chi connectivity index (χ3n) is 5.39. The molecule has 0 N–H and O–H groups in total. The number of benzene rings is 1. The molecular formula is C17H22BF3N2O3. The molecule has 26 heavy (non-hydrogen) atoms. The fourth-order valence-corrected chi connectivity index (χ4v) is 3.06. The Morgan fingerprint density at radius 1 is 1.15 bits per heavy atom. The van der Waals surface area contributed by atoms with Gasteiger partial charge in [-0.05, 0) is 40.7 Å². The monoisotopic (exact) mass is 370 g/mol. The summed E-state index contributed by atoms with van der Waals surface area (Å²) in [6.07, 6.45) is -4.60. The SMILES string of the molecule is COc1c(B2OC(C)(C)C(C)(C)O2)c(C(F)(F)F)cc2c1nc(C)n2C. The Morgan fingerprint density at radius 3 is 2.15 bits per heavy atom. The van der Waals surface area contributed by atoms with Gasteiger partial charge in [-0.1, -0.05) is 0 Å². The quantitative estimate of drug-likeness (QED) is 0.762. The Bertz CT molecular complexity index is 858. The van der Waals surface area contributed by atoms with E-state index >= 15 is 0 Å². The van der Waals surface area contributed by atoms with Gasteiger partial charge in [0.1, 0.15) is 17.1 Å². The smallest absolute Gasteiger partial charge is 0.495 e. The number of halogens is 3. The van der Waals surface area contributed by atoms with E-state index in [0.717, 1.165) is 6.07 Å². The van der Waals surface area contributed by atoms with Crippen molar-refractivity contribution in [1.29, 1.82) is 0 Å². The lowest BCUT2D eigenvalue weighted by Crippen LogP contribution is -2.41. The van der Waals surface area contributed by atoms with Crippen molar-refractivity contribution in [2.45, 2.75) is 52.0 Å². The van der Waals surface area contributed by atoms with Crippen LogP contribution in [-0.2, 0) is 22.5 Å². The lowest BCUT2D eigenvalue weighted by molar-refractivity contribution is -0.136. The van der Waals surface area contributed by atoms with Gasteiger partial charge >= 0.3 is 13.3 Å². The number of aromatic nitrogens is 2. The molecule has 2 aromatic rings. The lowest BCUT2D eigenvalue weighted by atomic mass is 9.74. The number of imidazole rings is 1. The van der Waals surface area contributed by atoms with E-state index in [1.165, 1.54) is 7.11 Å². The highest BCUT2D eigenvalue weighted by Gasteiger charge is 2.55. The number of ether oxygens (including phenoxy) is 1. The lowest BCUT2D eigenvalue weighted by Gasteiger charge is -2.32. The minimum atomic E-state index is -4.60. The molecule has 1 fully saturated rings. The number of fused-ring (bicyclic) bond motifs is 1. The summed E-state index contributed by atoms with van der Waals surface area (Å²) >= 11 is 0. The molecule has 9 heteroatoms. The van der Waals surface area contributed by atoms with E-state index in [9.17, 15) is 13.2 Å². The maximum absolute atomic E-state index is 13.9. The van der Waals surface area contributed by atoms with Crippen LogP contribution in [0.15, 0.2) is 6.07 Å². The van der Waals surface area contributed by atoms with Gasteiger partial charge in [0, 0.05) is 12.5 Å². The molecule has 2 heterocycles. The van der Waals surface area contributed by atoms with E-state index in [0.29, 0.717) is 16.9 Å². The average molecular weight is 370 g/mol. The van der Waals surface area contributed by atoms with Gasteiger partial charge in [0.15, 0.2) is 0 Å². The van der Waals surface area contributed by atoms with Crippen LogP contribution in [0.25, 0.3) is 11.0 Å². The van der Waals surface area contributed by atoms with Gasteiger partial charge < -0.3 is 18.6 Å². The summed E-state index contributed by atoms with van der Waals surface area (Å²) in [6.45, 7) is 8.87. The summed E-state index contributed by atoms with van der Waals surface area (Å²) in [5.41, 5.74) is -1.88. The molecule has 1 aromatic heterocycles. The molecule has 0 atom stereocenters. The Hall–Kier alpha value is -1.74. The fraction of sp³-hybridized carbons (Fsp3) is 0.588. The van der Waals surface area contributed by atoms with Crippen molar-refractivity contribution in [3.05, 3.63) is 17.5 Å². The number of methoxy groups -OCH3 is 1. The zero-order valence-electron chi connectivity index (χ0n) is 15.9. The first kappa shape index (κ1) is 19.0. The Kier molecular flexibility index (Phi) is 4.12. The van der Waals surface area contributed by atoms with Gasteiger partial charge in [-0.3, -0.25) is 0 Å². The number of alkyl halides is 3. The first-order valence-electron chi connectivity index (χ1n) is 8.27. The second-order valence-electron chi connectivity index (χ2n) is 7.54. The zero-order chi connectivity index (χ0) is 19.7. The highest BCUT2D eigenvalue weighted by Crippen LogP contribution is 2.41. The van der Waals surface area contributed by atoms with Crippen molar-refractivity contribution < 1.29 is 27.2 Å². The van der Waals surface area contributed by atoms with E-state index in [-0.39, 0.29) is 11.2 Å². The standard InChI is InChI=1S/C17H22BF3N2O3/c1-9-22-13-11(23(9)6)8-10(17(19,20)21)12(14(13)24-7)18-25-15(2,3)16(4,5)26-18/h8H,1-7H3. The molecule has 0 aliphatic carbocycles. The maximum Gasteiger partial charge on any atom is 0.499 e. The van der Waals surface area contributed by atoms with Crippen LogP contribution >= 0.6 is 0 Å². The maximum atomic E-state index is 13.9. The fourth-order valence-electron chi connectivity index (χ4n) is 3.06. The normalized spacial score (nSPS) is 19.4. The number of aryl methyl sites for hydroxylation is 2. The molecule has 142 valence electrons. The number of rotatable bonds is 2. The van der Waals surface area contributed by atoms with Crippen molar-refractivity contribution >= 4 is 23.6 Å². The van der Waals surface area contributed by atoms with Crippen LogP contribution in [0.4, 0.5) is 13.2 Å². The second kappa shape index (κ2) is 5.63. The summed E-state index contributed by atoms with van der Waals surface area (Å²) in [4.78, 5) is 4.37. The minimum absolute atomic E-state index is 0.0250. The van der Waals surface area contributed by atoms with Gasteiger partial charge in [-0.25, -0.2) is 4.98 Å². The molecule has 1 saturated heterocycles. The van der Waals surface area contributed by atoms with Crippen molar-refractivity contribution in [2.75, 3.05) is 7.11 Å². The van der Waals surface area contributed by atoms with Gasteiger partial charge in [-0.15, -0.1) is 0 Å². The molecule has 0 bridgehead atoms. The van der Waals surface area contributed by atoms with Crippen LogP contribution in [0.2, 0.25) is 0 Å². The molecule has 1 aromatic carbocycles. The van der Waals surface area contributed by atoms with Crippen molar-refractivity contribution in [2.24, 2.45) is 7.05 Å². The van der Waals surface area contributed by atoms with Gasteiger partial charge in [0.2, 0.25) is 0 Å². The van der Waals surface area contributed by atoms with E-state index in [1.807, 2.05) is 0 Å². The zero-order valence-corrected chi connectivity index (χ0v) is 15.9. The van der Waals surface area contributed by atoms with E-state index in [2.05, 4.69) is 4.98 Å². The van der Waals surface area contributed by atoms with E-state index < -0.39 is 30.1 Å². The second-order valence-corrected chi connectivity index (χ2v) is 7.54. The predicted octanol–water partition coefficient (Wildman–Crippen LogP) is 3.21. The number of nitrogens with zero attached hydrogens (tertiary/aromatic N) is 2. The summed E-state index contributed by atoms with van der Waals surface area (Å²) in [7, 11) is 1.78. The third-order valence-corrected chi connectivity index (χ3v) is 5.39. The van der Waals surface area contributed by atoms with Gasteiger partial charge in [0.25, 0.3) is 0 Å². The molecule has 0 saturated carbocycles. The number of hydrogen-bond donors (Lipinski definition) is 0. The Balaban J connectivity index is 2.33. The minimum Gasteiger partial charge on any atom is -0.495 e. The van der Waals surface area contributed by atoms with Crippen LogP contribution in [0.3, 0.4) is 0 Å². The topological polar surface area (TPSA) is 45.5 Å². The molecule has 3 rings (SSSR count). The van der Waals surface area contributed by atoms with Crippen LogP contribution in [-0.4, -0.2) is 35.0 Å². The molecule has 0 radical (unpaired) electrons. The Morgan fingerprint density at radius 2 is 1.69 bits per heavy atom. The summed E-state index contributed by atoms with van der Waals surface area (Å²) in [5, 5.41) is 0. The number of hydrogen-bond acceptors (Lipinski definition) is 4. The van der Waals surface area contributed by atoms with Crippen LogP contribution in [0.1, 0.15) is 39.1 Å². The largest absolute Gasteiger partial charge is 0.499 e. The Labute approximate surface area is 150 Å². The first-order valence-corrected chi connectivity index (χ1v) is 8.27. The van der Waals surface area contributed by atoms with Crippen LogP contribution in [0.5, 0.6) is 5.75 Å². The molecule has 1 aliphatic heterocycles. The highest BCUT2D eigenvalue weighted by atomic mass is 19.4. The molecule has 1 aliphatic rings. The molecule has 0 amide bonds. The molecule has 0 spiro atoms. The summed E-state index contributed by atoms with van der Waals surface area (Å²) < 4.78 is 60.3. The van der Waals surface area contributed by atoms with Crippen LogP contribution in [0, 0.1) is 6.92 Å². The summed E-state index contributed by atoms with van der Waals surface area (Å²) in [5.74, 6) is 0.606. The average Bonchev–Trinajstić information content (AvgIpc) is 2.89. The van der Waals surface area contributed by atoms with Crippen molar-refractivity contribution in [1.82, 2.24) is 9.55 Å². The highest BCUT2D eigenvalue weighted by molar-refractivity contribution is 6.64. The predicted molar refractivity (Wildman–Crippen MR) is 92.7 cm³/mol. The van der Waals surface area contributed by atoms with Crippen molar-refractivity contribution in [3.8, 4) is 5.75 Å². The molecule has 0 unspecified atom stereocenters. The third kappa shape index (κ3) is 2.68. The van der Waals surface area contributed by atoms with Crippen LogP contribution < -0.4 is 10.2 Å². The summed E-state index contributed by atoms with van der Waals surface area (Å²) in [6, 6.07) is 1.08.